The largest absolute Gasteiger partial charge is 0.483 e. The van der Waals surface area contributed by atoms with E-state index in [9.17, 15) is 10.1 Å². The first-order valence-electron chi connectivity index (χ1n) is 12.3. The molecule has 40 heavy (non-hydrogen) atoms. The molecule has 2 heterocycles. The van der Waals surface area contributed by atoms with Crippen molar-refractivity contribution >= 4 is 88.6 Å². The Balaban J connectivity index is 1.35. The zero-order chi connectivity index (χ0) is 28.9. The third kappa shape index (κ3) is 7.69. The normalized spacial score (nSPS) is 14.1. The monoisotopic (exact) mass is 700 g/mol. The van der Waals surface area contributed by atoms with Gasteiger partial charge in [0.05, 0.1) is 17.1 Å². The third-order valence-corrected chi connectivity index (χ3v) is 8.22. The van der Waals surface area contributed by atoms with Crippen LogP contribution in [0.15, 0.2) is 69.9 Å². The second-order valence-corrected chi connectivity index (χ2v) is 12.7. The highest BCUT2D eigenvalue weighted by molar-refractivity contribution is 9.10. The van der Waals surface area contributed by atoms with Crippen molar-refractivity contribution in [2.24, 2.45) is 5.92 Å². The fourth-order valence-corrected chi connectivity index (χ4v) is 5.31. The number of hydrogen-bond donors (Lipinski definition) is 1. The summed E-state index contributed by atoms with van der Waals surface area (Å²) in [4.78, 5) is 21.9. The lowest BCUT2D eigenvalue weighted by atomic mass is 10.00. The van der Waals surface area contributed by atoms with Crippen LogP contribution in [0.25, 0.3) is 21.8 Å². The summed E-state index contributed by atoms with van der Waals surface area (Å²) < 4.78 is 13.6. The Hall–Kier alpha value is -2.78. The lowest BCUT2D eigenvalue weighted by Gasteiger charge is -2.27. The minimum atomic E-state index is -1.31. The number of halogens is 2. The van der Waals surface area contributed by atoms with Crippen LogP contribution in [0.5, 0.6) is 5.75 Å². The van der Waals surface area contributed by atoms with E-state index in [0.29, 0.717) is 17.2 Å². The van der Waals surface area contributed by atoms with E-state index < -0.39 is 16.9 Å². The summed E-state index contributed by atoms with van der Waals surface area (Å²) in [6.45, 7) is 3.48. The van der Waals surface area contributed by atoms with Gasteiger partial charge < -0.3 is 14.8 Å². The Morgan fingerprint density at radius 2 is 1.73 bits per heavy atom. The van der Waals surface area contributed by atoms with Crippen molar-refractivity contribution < 1.29 is 14.3 Å². The smallest absolute Gasteiger partial charge is 0.273 e. The summed E-state index contributed by atoms with van der Waals surface area (Å²) in [5, 5.41) is 14.9. The molecule has 0 radical (unpaired) electrons. The first kappa shape index (κ1) is 30.2. The summed E-state index contributed by atoms with van der Waals surface area (Å²) in [6, 6.07) is 17.6. The number of nitrogens with one attached hydrogen (secondary N) is 1. The molecule has 2 aromatic carbocycles. The van der Waals surface area contributed by atoms with Crippen molar-refractivity contribution in [2.45, 2.75) is 31.2 Å². The SMILES string of the molecule is CSC(Oc1ccc2ncc(Br)cc2c1)C(=O)NC(C)(C#N)COC(=S)C(C)Cc1ccc2ncc(Br)cc2c1. The molecule has 0 aliphatic carbocycles. The minimum absolute atomic E-state index is 0.0871. The average molecular weight is 702 g/mol. The molecule has 0 aliphatic heterocycles. The molecule has 2 aromatic heterocycles. The number of nitrogens with zero attached hydrogens (tertiary/aromatic N) is 3. The van der Waals surface area contributed by atoms with Crippen LogP contribution in [0.3, 0.4) is 0 Å². The van der Waals surface area contributed by atoms with Crippen molar-refractivity contribution in [2.75, 3.05) is 12.9 Å². The van der Waals surface area contributed by atoms with Gasteiger partial charge in [0.1, 0.15) is 12.4 Å². The molecule has 1 N–H and O–H groups in total. The molecule has 0 bridgehead atoms. The van der Waals surface area contributed by atoms with E-state index >= 15 is 0 Å². The quantitative estimate of drug-likeness (QED) is 0.140. The predicted molar refractivity (Wildman–Crippen MR) is 170 cm³/mol. The van der Waals surface area contributed by atoms with Crippen LogP contribution in [0.2, 0.25) is 0 Å². The Labute approximate surface area is 259 Å². The molecule has 7 nitrogen and oxygen atoms in total. The van der Waals surface area contributed by atoms with Crippen molar-refractivity contribution in [3.63, 3.8) is 0 Å². The number of pyridine rings is 2. The number of ether oxygens (including phenoxy) is 2. The van der Waals surface area contributed by atoms with Crippen LogP contribution in [0.4, 0.5) is 0 Å². The average Bonchev–Trinajstić information content (AvgIpc) is 2.94. The highest BCUT2D eigenvalue weighted by Crippen LogP contribution is 2.25. The number of fused-ring (bicyclic) bond motifs is 2. The molecule has 0 fully saturated rings. The molecule has 1 amide bonds. The van der Waals surface area contributed by atoms with Crippen molar-refractivity contribution in [3.05, 3.63) is 75.4 Å². The topological polar surface area (TPSA) is 97.1 Å². The molecule has 0 saturated heterocycles. The number of hydrogen-bond acceptors (Lipinski definition) is 8. The third-order valence-electron chi connectivity index (χ3n) is 6.10. The van der Waals surface area contributed by atoms with Crippen LogP contribution in [0, 0.1) is 17.2 Å². The first-order chi connectivity index (χ1) is 19.1. The van der Waals surface area contributed by atoms with Crippen LogP contribution in [-0.4, -0.2) is 44.8 Å². The van der Waals surface area contributed by atoms with E-state index in [4.69, 9.17) is 21.7 Å². The molecule has 3 unspecified atom stereocenters. The number of thiocarbonyl (C=S) groups is 1. The van der Waals surface area contributed by atoms with Gasteiger partial charge in [-0.05, 0) is 112 Å². The van der Waals surface area contributed by atoms with Crippen molar-refractivity contribution in [1.82, 2.24) is 15.3 Å². The number of nitriles is 1. The van der Waals surface area contributed by atoms with E-state index in [0.717, 1.165) is 36.3 Å². The summed E-state index contributed by atoms with van der Waals surface area (Å²) >= 11 is 13.6. The second-order valence-electron chi connectivity index (χ2n) is 9.52. The first-order valence-corrected chi connectivity index (χ1v) is 15.6. The van der Waals surface area contributed by atoms with Crippen LogP contribution >= 0.6 is 55.8 Å². The van der Waals surface area contributed by atoms with Gasteiger partial charge in [-0.2, -0.15) is 5.26 Å². The predicted octanol–water partition coefficient (Wildman–Crippen LogP) is 7.00. The van der Waals surface area contributed by atoms with Gasteiger partial charge in [0.25, 0.3) is 5.91 Å². The maximum absolute atomic E-state index is 13.1. The van der Waals surface area contributed by atoms with Gasteiger partial charge in [0.15, 0.2) is 10.6 Å². The summed E-state index contributed by atoms with van der Waals surface area (Å²) in [6.07, 6.45) is 5.92. The zero-order valence-electron chi connectivity index (χ0n) is 22.0. The summed E-state index contributed by atoms with van der Waals surface area (Å²) in [7, 11) is 0. The molecule has 11 heteroatoms. The van der Waals surface area contributed by atoms with Crippen LogP contribution in [-0.2, 0) is 16.0 Å². The zero-order valence-corrected chi connectivity index (χ0v) is 26.8. The highest BCUT2D eigenvalue weighted by atomic mass is 79.9. The Bertz CT molecular complexity index is 1610. The van der Waals surface area contributed by atoms with Gasteiger partial charge in [0, 0.05) is 38.0 Å². The van der Waals surface area contributed by atoms with E-state index in [1.807, 2.05) is 43.3 Å². The number of aromatic nitrogens is 2. The molecule has 4 rings (SSSR count). The molecule has 0 spiro atoms. The summed E-state index contributed by atoms with van der Waals surface area (Å²) in [5.41, 5.74) is 0.637. The molecule has 3 atom stereocenters. The van der Waals surface area contributed by atoms with Gasteiger partial charge in [0.2, 0.25) is 5.44 Å². The summed E-state index contributed by atoms with van der Waals surface area (Å²) in [5.74, 6) is -0.0120. The maximum atomic E-state index is 13.1. The van der Waals surface area contributed by atoms with E-state index in [1.54, 1.807) is 31.6 Å². The highest BCUT2D eigenvalue weighted by Gasteiger charge is 2.32. The fraction of sp³-hybridized carbons (Fsp3) is 0.276. The van der Waals surface area contributed by atoms with Gasteiger partial charge >= 0.3 is 0 Å². The molecular formula is C29H26Br2N4O3S2. The van der Waals surface area contributed by atoms with Gasteiger partial charge in [-0.1, -0.05) is 13.0 Å². The Morgan fingerprint density at radius 3 is 2.35 bits per heavy atom. The second kappa shape index (κ2) is 13.3. The van der Waals surface area contributed by atoms with E-state index in [-0.39, 0.29) is 12.5 Å². The Morgan fingerprint density at radius 1 is 1.10 bits per heavy atom. The lowest BCUT2D eigenvalue weighted by Crippen LogP contribution is -2.52. The minimum Gasteiger partial charge on any atom is -0.483 e. The standard InChI is InChI=1S/C29H26Br2N4O3S2/c1-17(8-18-4-6-24-19(9-18)10-21(30)13-33-24)27(39)37-16-29(2,15-32)35-26(36)28(40-3)38-23-5-7-25-20(12-23)11-22(31)14-34-25/h4-7,9-14,17,28H,8,16H2,1-3H3,(H,35,36). The van der Waals surface area contributed by atoms with E-state index in [1.165, 1.54) is 11.8 Å². The number of carbonyl (C=O) groups excluding carboxylic acids is 1. The number of benzene rings is 2. The fourth-order valence-electron chi connectivity index (χ4n) is 3.99. The maximum Gasteiger partial charge on any atom is 0.273 e. The van der Waals surface area contributed by atoms with Crippen molar-refractivity contribution in [3.8, 4) is 11.8 Å². The number of amides is 1. The van der Waals surface area contributed by atoms with E-state index in [2.05, 4.69) is 59.3 Å². The molecule has 4 aromatic rings. The van der Waals surface area contributed by atoms with Crippen LogP contribution < -0.4 is 10.1 Å². The number of carbonyl (C=O) groups is 1. The van der Waals surface area contributed by atoms with Crippen molar-refractivity contribution in [1.29, 1.82) is 5.26 Å². The lowest BCUT2D eigenvalue weighted by molar-refractivity contribution is -0.126. The number of rotatable bonds is 10. The molecule has 0 aliphatic rings. The van der Waals surface area contributed by atoms with Gasteiger partial charge in [-0.25, -0.2) is 0 Å². The van der Waals surface area contributed by atoms with Crippen LogP contribution in [0.1, 0.15) is 19.4 Å². The van der Waals surface area contributed by atoms with Gasteiger partial charge in [-0.3, -0.25) is 14.8 Å². The Kier molecular flexibility index (Phi) is 10.0. The van der Waals surface area contributed by atoms with Gasteiger partial charge in [-0.15, -0.1) is 11.8 Å². The molecule has 206 valence electrons. The molecule has 0 saturated carbocycles. The number of thioether (sulfide) groups is 1. The molecular weight excluding hydrogens is 676 g/mol.